The molecular formula is C29H27F2N7O. The highest BCUT2D eigenvalue weighted by atomic mass is 19.1. The third kappa shape index (κ3) is 3.47. The first-order valence-electron chi connectivity index (χ1n) is 13.6. The van der Waals surface area contributed by atoms with Gasteiger partial charge >= 0.3 is 5.69 Å². The minimum Gasteiger partial charge on any atom is -0.310 e. The van der Waals surface area contributed by atoms with Crippen LogP contribution in [0.1, 0.15) is 67.4 Å². The Bertz CT molecular complexity index is 1840. The summed E-state index contributed by atoms with van der Waals surface area (Å²) in [5.41, 5.74) is 3.70. The fourth-order valence-electron chi connectivity index (χ4n) is 5.98. The maximum atomic E-state index is 15.7. The highest BCUT2D eigenvalue weighted by Crippen LogP contribution is 2.42. The van der Waals surface area contributed by atoms with E-state index in [1.807, 2.05) is 23.7 Å². The first-order valence-corrected chi connectivity index (χ1v) is 13.6. The highest BCUT2D eigenvalue weighted by molar-refractivity contribution is 5.82. The van der Waals surface area contributed by atoms with E-state index in [2.05, 4.69) is 10.4 Å². The summed E-state index contributed by atoms with van der Waals surface area (Å²) < 4.78 is 36.8. The Kier molecular flexibility index (Phi) is 4.83. The number of imidazole rings is 1. The quantitative estimate of drug-likeness (QED) is 0.354. The van der Waals surface area contributed by atoms with Gasteiger partial charge in [0.15, 0.2) is 5.82 Å². The number of aromatic nitrogens is 6. The number of fused-ring (bicyclic) bond motifs is 2. The molecule has 0 unspecified atom stereocenters. The molecule has 3 aromatic heterocycles. The molecule has 0 bridgehead atoms. The molecule has 0 saturated heterocycles. The molecule has 1 aliphatic heterocycles. The molecule has 1 atom stereocenters. The summed E-state index contributed by atoms with van der Waals surface area (Å²) in [6.07, 6.45) is 9.53. The maximum absolute atomic E-state index is 15.7. The van der Waals surface area contributed by atoms with E-state index in [9.17, 15) is 9.18 Å². The smallest absolute Gasteiger partial charge is 0.310 e. The zero-order valence-corrected chi connectivity index (χ0v) is 21.4. The number of hydrogen-bond acceptors (Lipinski definition) is 4. The van der Waals surface area contributed by atoms with Crippen LogP contribution < -0.4 is 11.0 Å². The third-order valence-electron chi connectivity index (χ3n) is 8.31. The Morgan fingerprint density at radius 3 is 2.64 bits per heavy atom. The zero-order valence-electron chi connectivity index (χ0n) is 21.4. The lowest BCUT2D eigenvalue weighted by molar-refractivity contribution is 0.536. The van der Waals surface area contributed by atoms with Gasteiger partial charge in [0.1, 0.15) is 11.6 Å². The van der Waals surface area contributed by atoms with Crippen LogP contribution in [0.4, 0.5) is 8.78 Å². The third-order valence-corrected chi connectivity index (χ3v) is 8.31. The minimum absolute atomic E-state index is 0.0440. The fourth-order valence-corrected chi connectivity index (χ4v) is 5.98. The second kappa shape index (κ2) is 8.22. The lowest BCUT2D eigenvalue weighted by Crippen LogP contribution is -2.30. The van der Waals surface area contributed by atoms with Gasteiger partial charge in [0.25, 0.3) is 0 Å². The van der Waals surface area contributed by atoms with Crippen LogP contribution in [0, 0.1) is 11.6 Å². The summed E-state index contributed by atoms with van der Waals surface area (Å²) in [4.78, 5) is 13.9. The molecule has 4 heterocycles. The van der Waals surface area contributed by atoms with Crippen LogP contribution in [0.2, 0.25) is 0 Å². The Balaban J connectivity index is 1.30. The van der Waals surface area contributed by atoms with E-state index >= 15 is 4.39 Å². The zero-order chi connectivity index (χ0) is 26.4. The van der Waals surface area contributed by atoms with Crippen LogP contribution in [0.15, 0.2) is 53.7 Å². The van der Waals surface area contributed by atoms with E-state index in [0.29, 0.717) is 34.9 Å². The molecule has 0 radical (unpaired) electrons. The topological polar surface area (TPSA) is 74.6 Å². The molecule has 39 heavy (non-hydrogen) atoms. The Hall–Kier alpha value is -4.05. The van der Waals surface area contributed by atoms with Crippen LogP contribution in [0.5, 0.6) is 0 Å². The van der Waals surface area contributed by atoms with Gasteiger partial charge in [-0.1, -0.05) is 0 Å². The van der Waals surface area contributed by atoms with Crippen molar-refractivity contribution in [3.63, 3.8) is 0 Å². The van der Waals surface area contributed by atoms with Crippen molar-refractivity contribution < 1.29 is 8.78 Å². The molecule has 8 nitrogen and oxygen atoms in total. The van der Waals surface area contributed by atoms with Crippen molar-refractivity contribution in [1.82, 2.24) is 34.0 Å². The van der Waals surface area contributed by atoms with Gasteiger partial charge in [0.05, 0.1) is 40.2 Å². The predicted molar refractivity (Wildman–Crippen MR) is 142 cm³/mol. The van der Waals surface area contributed by atoms with Gasteiger partial charge in [-0.3, -0.25) is 13.8 Å². The molecule has 8 rings (SSSR count). The standard InChI is InChI=1S/C29H27F2N7O/c1-16-26-23(10-11-32-16)34-38(19-6-7-22(30)20(14-19)17-2-3-17)28(26)36-13-12-35(29(36)39)25-9-8-24-21(27(25)31)15-33-37(24)18-4-5-18/h6-9,12-18,32H,2-5,10-11H2,1H3/t16-/m0/s1. The molecule has 2 aromatic carbocycles. The first kappa shape index (κ1) is 22.9. The molecule has 10 heteroatoms. The van der Waals surface area contributed by atoms with E-state index in [4.69, 9.17) is 5.10 Å². The van der Waals surface area contributed by atoms with Crippen molar-refractivity contribution >= 4 is 10.9 Å². The summed E-state index contributed by atoms with van der Waals surface area (Å²) in [7, 11) is 0. The molecule has 1 N–H and O–H groups in total. The van der Waals surface area contributed by atoms with Crippen LogP contribution in [0.3, 0.4) is 0 Å². The molecule has 198 valence electrons. The van der Waals surface area contributed by atoms with E-state index in [-0.39, 0.29) is 23.5 Å². The summed E-state index contributed by atoms with van der Waals surface area (Å²) in [5, 5.41) is 13.2. The van der Waals surface area contributed by atoms with Crippen LogP contribution in [-0.4, -0.2) is 35.2 Å². The lowest BCUT2D eigenvalue weighted by atomic mass is 10.0. The summed E-state index contributed by atoms with van der Waals surface area (Å²) in [6, 6.07) is 8.79. The SMILES string of the molecule is C[C@@H]1NCCc2nn(-c3ccc(F)c(C4CC4)c3)c(-n3ccn(-c4ccc5c(cnn5C5CC5)c4F)c3=O)c21. The van der Waals surface area contributed by atoms with Crippen molar-refractivity contribution in [1.29, 1.82) is 0 Å². The van der Waals surface area contributed by atoms with Gasteiger partial charge in [0.2, 0.25) is 0 Å². The summed E-state index contributed by atoms with van der Waals surface area (Å²) >= 11 is 0. The van der Waals surface area contributed by atoms with Gasteiger partial charge in [-0.2, -0.15) is 10.2 Å². The van der Waals surface area contributed by atoms with Crippen molar-refractivity contribution in [3.05, 3.63) is 87.9 Å². The molecule has 0 amide bonds. The molecule has 2 saturated carbocycles. The van der Waals surface area contributed by atoms with Gasteiger partial charge < -0.3 is 5.32 Å². The second-order valence-corrected chi connectivity index (χ2v) is 11.0. The number of benzene rings is 2. The van der Waals surface area contributed by atoms with Gasteiger partial charge in [-0.05, 0) is 74.4 Å². The van der Waals surface area contributed by atoms with Gasteiger partial charge in [-0.25, -0.2) is 18.3 Å². The monoisotopic (exact) mass is 527 g/mol. The molecule has 5 aromatic rings. The van der Waals surface area contributed by atoms with Crippen LogP contribution >= 0.6 is 0 Å². The normalized spacial score (nSPS) is 19.1. The number of rotatable bonds is 5. The van der Waals surface area contributed by atoms with E-state index < -0.39 is 11.5 Å². The average Bonchev–Trinajstić information content (AvgIpc) is 3.85. The predicted octanol–water partition coefficient (Wildman–Crippen LogP) is 4.86. The van der Waals surface area contributed by atoms with Crippen molar-refractivity contribution in [3.8, 4) is 17.2 Å². The number of halogens is 2. The van der Waals surface area contributed by atoms with Gasteiger partial charge in [-0.15, -0.1) is 0 Å². The number of nitrogens with zero attached hydrogens (tertiary/aromatic N) is 6. The average molecular weight is 528 g/mol. The number of hydrogen-bond donors (Lipinski definition) is 1. The molecular weight excluding hydrogens is 500 g/mol. The molecule has 2 aliphatic carbocycles. The highest BCUT2D eigenvalue weighted by Gasteiger charge is 2.31. The Labute approximate surface area is 222 Å². The lowest BCUT2D eigenvalue weighted by Gasteiger charge is -2.21. The largest absolute Gasteiger partial charge is 0.338 e. The van der Waals surface area contributed by atoms with Gasteiger partial charge in [0, 0.05) is 37.0 Å². The van der Waals surface area contributed by atoms with E-state index in [1.165, 1.54) is 15.2 Å². The van der Waals surface area contributed by atoms with Crippen LogP contribution in [0.25, 0.3) is 28.1 Å². The van der Waals surface area contributed by atoms with Crippen LogP contribution in [-0.2, 0) is 6.42 Å². The molecule has 2 fully saturated rings. The van der Waals surface area contributed by atoms with Crippen molar-refractivity contribution in [2.24, 2.45) is 0 Å². The Morgan fingerprint density at radius 2 is 1.85 bits per heavy atom. The minimum atomic E-state index is -0.475. The molecule has 0 spiro atoms. The van der Waals surface area contributed by atoms with E-state index in [0.717, 1.165) is 49.0 Å². The Morgan fingerprint density at radius 1 is 1.03 bits per heavy atom. The summed E-state index contributed by atoms with van der Waals surface area (Å²) in [6.45, 7) is 2.82. The van der Waals surface area contributed by atoms with E-state index in [1.54, 1.807) is 35.4 Å². The fraction of sp³-hybridized carbons (Fsp3) is 0.345. The second-order valence-electron chi connectivity index (χ2n) is 11.0. The first-order chi connectivity index (χ1) is 19.0. The molecule has 3 aliphatic rings. The van der Waals surface area contributed by atoms with Crippen molar-refractivity contribution in [2.75, 3.05) is 6.54 Å². The summed E-state index contributed by atoms with van der Waals surface area (Å²) in [5.74, 6) is 0.126. The maximum Gasteiger partial charge on any atom is 0.338 e. The number of nitrogens with one attached hydrogen (secondary N) is 1. The van der Waals surface area contributed by atoms with Crippen molar-refractivity contribution in [2.45, 2.75) is 57.0 Å².